The molecule has 0 heterocycles. The van der Waals surface area contributed by atoms with Gasteiger partial charge in [-0.1, -0.05) is 12.2 Å². The molecule has 0 aliphatic heterocycles. The maximum absolute atomic E-state index is 11.0. The summed E-state index contributed by atoms with van der Waals surface area (Å²) in [6, 6.07) is 0. The van der Waals surface area contributed by atoms with Gasteiger partial charge in [0.15, 0.2) is 0 Å². The molecule has 1 saturated carbocycles. The van der Waals surface area contributed by atoms with Crippen molar-refractivity contribution < 1.29 is 9.90 Å². The molecular formula is C8H10O2. The zero-order valence-electron chi connectivity index (χ0n) is 5.66. The molecule has 54 valence electrons. The van der Waals surface area contributed by atoms with Crippen LogP contribution in [-0.4, -0.2) is 17.0 Å². The van der Waals surface area contributed by atoms with Crippen LogP contribution in [0.25, 0.3) is 0 Å². The van der Waals surface area contributed by atoms with Gasteiger partial charge in [-0.15, -0.1) is 0 Å². The Morgan fingerprint density at radius 1 is 1.50 bits per heavy atom. The molecule has 1 fully saturated rings. The third-order valence-corrected chi connectivity index (χ3v) is 2.43. The van der Waals surface area contributed by atoms with E-state index in [2.05, 4.69) is 0 Å². The fourth-order valence-electron chi connectivity index (χ4n) is 1.75. The second-order valence-electron chi connectivity index (χ2n) is 3.13. The summed E-state index contributed by atoms with van der Waals surface area (Å²) in [5, 5.41) is 9.31. The van der Waals surface area contributed by atoms with Gasteiger partial charge in [0.25, 0.3) is 0 Å². The fraction of sp³-hybridized carbons (Fsp3) is 0.625. The SMILES string of the molecule is O=C1C[C@H]2C=C[C@@H]1C[C@@H]2O. The van der Waals surface area contributed by atoms with Gasteiger partial charge in [-0.2, -0.15) is 0 Å². The number of aliphatic hydroxyl groups excluding tert-OH is 1. The van der Waals surface area contributed by atoms with E-state index in [1.54, 1.807) is 0 Å². The Labute approximate surface area is 59.5 Å². The lowest BCUT2D eigenvalue weighted by Crippen LogP contribution is -2.37. The number of fused-ring (bicyclic) bond motifs is 2. The van der Waals surface area contributed by atoms with Crippen LogP contribution in [0.3, 0.4) is 0 Å². The normalized spacial score (nSPS) is 44.5. The quantitative estimate of drug-likeness (QED) is 0.495. The van der Waals surface area contributed by atoms with Crippen LogP contribution in [-0.2, 0) is 4.79 Å². The van der Waals surface area contributed by atoms with E-state index in [1.807, 2.05) is 12.2 Å². The molecule has 0 unspecified atom stereocenters. The van der Waals surface area contributed by atoms with Gasteiger partial charge in [-0.25, -0.2) is 0 Å². The number of carbonyl (C=O) groups is 1. The average molecular weight is 138 g/mol. The number of Topliss-reactive ketones (excluding diaryl/α,β-unsaturated/α-hetero) is 1. The topological polar surface area (TPSA) is 37.3 Å². The van der Waals surface area contributed by atoms with Crippen molar-refractivity contribution in [1.29, 1.82) is 0 Å². The molecule has 3 atom stereocenters. The third kappa shape index (κ3) is 0.721. The van der Waals surface area contributed by atoms with E-state index < -0.39 is 0 Å². The van der Waals surface area contributed by atoms with Gasteiger partial charge in [0, 0.05) is 18.3 Å². The first-order valence-electron chi connectivity index (χ1n) is 3.66. The monoisotopic (exact) mass is 138 g/mol. The zero-order chi connectivity index (χ0) is 7.14. The third-order valence-electron chi connectivity index (χ3n) is 2.43. The van der Waals surface area contributed by atoms with Crippen molar-refractivity contribution in [2.75, 3.05) is 0 Å². The standard InChI is InChI=1S/C8H10O2/c9-7-4-6-2-1-5(7)3-8(6)10/h1-2,5-7,9H,3-4H2/t5-,6-,7+/m1/s1. The predicted octanol–water partition coefficient (Wildman–Crippen LogP) is 0.512. The van der Waals surface area contributed by atoms with Crippen LogP contribution in [0.5, 0.6) is 0 Å². The minimum absolute atomic E-state index is 0.0278. The number of hydrogen-bond donors (Lipinski definition) is 1. The maximum atomic E-state index is 11.0. The maximum Gasteiger partial charge on any atom is 0.140 e. The average Bonchev–Trinajstić information content (AvgIpc) is 1.91. The molecule has 3 aliphatic carbocycles. The summed E-state index contributed by atoms with van der Waals surface area (Å²) >= 11 is 0. The van der Waals surface area contributed by atoms with Crippen molar-refractivity contribution in [3.8, 4) is 0 Å². The van der Waals surface area contributed by atoms with E-state index in [0.717, 1.165) is 0 Å². The number of rotatable bonds is 0. The Kier molecular flexibility index (Phi) is 1.17. The minimum Gasteiger partial charge on any atom is -0.392 e. The van der Waals surface area contributed by atoms with Gasteiger partial charge >= 0.3 is 0 Å². The highest BCUT2D eigenvalue weighted by atomic mass is 16.3. The Morgan fingerprint density at radius 2 is 2.30 bits per heavy atom. The van der Waals surface area contributed by atoms with Crippen LogP contribution in [0.4, 0.5) is 0 Å². The molecule has 2 nitrogen and oxygen atoms in total. The Morgan fingerprint density at radius 3 is 2.60 bits per heavy atom. The van der Waals surface area contributed by atoms with Gasteiger partial charge in [0.1, 0.15) is 5.78 Å². The first-order chi connectivity index (χ1) is 4.77. The van der Waals surface area contributed by atoms with Crippen LogP contribution < -0.4 is 0 Å². The Bertz CT molecular complexity index is 195. The predicted molar refractivity (Wildman–Crippen MR) is 36.4 cm³/mol. The summed E-state index contributed by atoms with van der Waals surface area (Å²) in [5.74, 6) is 0.454. The van der Waals surface area contributed by atoms with Crippen molar-refractivity contribution in [2.45, 2.75) is 18.9 Å². The molecular weight excluding hydrogens is 128 g/mol. The first-order valence-corrected chi connectivity index (χ1v) is 3.66. The molecule has 0 spiro atoms. The molecule has 0 aromatic carbocycles. The van der Waals surface area contributed by atoms with Crippen molar-refractivity contribution in [3.05, 3.63) is 12.2 Å². The van der Waals surface area contributed by atoms with Crippen LogP contribution >= 0.6 is 0 Å². The molecule has 0 aromatic heterocycles. The molecule has 2 bridgehead atoms. The molecule has 0 amide bonds. The van der Waals surface area contributed by atoms with Gasteiger partial charge in [0.05, 0.1) is 6.10 Å². The second kappa shape index (κ2) is 1.92. The van der Waals surface area contributed by atoms with Crippen LogP contribution in [0, 0.1) is 11.8 Å². The lowest BCUT2D eigenvalue weighted by atomic mass is 9.73. The summed E-state index contributed by atoms with van der Waals surface area (Å²) in [7, 11) is 0. The van der Waals surface area contributed by atoms with Crippen LogP contribution in [0.15, 0.2) is 12.2 Å². The van der Waals surface area contributed by atoms with Crippen molar-refractivity contribution >= 4 is 5.78 Å². The first kappa shape index (κ1) is 6.10. The molecule has 0 aromatic rings. The molecule has 0 saturated heterocycles. The van der Waals surface area contributed by atoms with Gasteiger partial charge < -0.3 is 5.11 Å². The van der Waals surface area contributed by atoms with E-state index in [4.69, 9.17) is 0 Å². The zero-order valence-corrected chi connectivity index (χ0v) is 5.66. The molecule has 1 N–H and O–H groups in total. The van der Waals surface area contributed by atoms with E-state index >= 15 is 0 Å². The highest BCUT2D eigenvalue weighted by Gasteiger charge is 2.35. The van der Waals surface area contributed by atoms with Gasteiger partial charge in [0.2, 0.25) is 0 Å². The smallest absolute Gasteiger partial charge is 0.140 e. The molecule has 0 radical (unpaired) electrons. The summed E-state index contributed by atoms with van der Waals surface area (Å²) in [6.45, 7) is 0. The highest BCUT2D eigenvalue weighted by molar-refractivity contribution is 5.85. The summed E-state index contributed by atoms with van der Waals surface area (Å²) in [4.78, 5) is 11.0. The second-order valence-corrected chi connectivity index (χ2v) is 3.13. The van der Waals surface area contributed by atoms with E-state index in [-0.39, 0.29) is 17.9 Å². The van der Waals surface area contributed by atoms with E-state index in [1.165, 1.54) is 0 Å². The minimum atomic E-state index is -0.257. The molecule has 10 heavy (non-hydrogen) atoms. The van der Waals surface area contributed by atoms with Crippen LogP contribution in [0.1, 0.15) is 12.8 Å². The number of hydrogen-bond acceptors (Lipinski definition) is 2. The summed E-state index contributed by atoms with van der Waals surface area (Å²) in [5.41, 5.74) is 0. The number of aliphatic hydroxyl groups is 1. The van der Waals surface area contributed by atoms with Crippen molar-refractivity contribution in [2.24, 2.45) is 11.8 Å². The lowest BCUT2D eigenvalue weighted by Gasteiger charge is -2.33. The largest absolute Gasteiger partial charge is 0.392 e. The Balaban J connectivity index is 2.28. The summed E-state index contributed by atoms with van der Waals surface area (Å²) in [6.07, 6.45) is 4.86. The van der Waals surface area contributed by atoms with E-state index in [9.17, 15) is 9.90 Å². The highest BCUT2D eigenvalue weighted by Crippen LogP contribution is 2.33. The van der Waals surface area contributed by atoms with Crippen molar-refractivity contribution in [3.63, 3.8) is 0 Å². The number of carbonyl (C=O) groups excluding carboxylic acids is 1. The fourth-order valence-corrected chi connectivity index (χ4v) is 1.75. The van der Waals surface area contributed by atoms with Gasteiger partial charge in [-0.05, 0) is 6.42 Å². The molecule has 2 heteroatoms. The summed E-state index contributed by atoms with van der Waals surface area (Å²) < 4.78 is 0. The molecule has 3 aliphatic rings. The molecule has 3 rings (SSSR count). The van der Waals surface area contributed by atoms with Gasteiger partial charge in [-0.3, -0.25) is 4.79 Å². The van der Waals surface area contributed by atoms with Crippen molar-refractivity contribution in [1.82, 2.24) is 0 Å². The van der Waals surface area contributed by atoms with Crippen LogP contribution in [0.2, 0.25) is 0 Å². The van der Waals surface area contributed by atoms with E-state index in [0.29, 0.717) is 18.6 Å². The number of allylic oxidation sites excluding steroid dienone is 1. The lowest BCUT2D eigenvalue weighted by molar-refractivity contribution is -0.127. The number of ketones is 1. The Hall–Kier alpha value is -0.630.